The van der Waals surface area contributed by atoms with Crippen molar-refractivity contribution in [2.45, 2.75) is 38.1 Å². The average molecular weight is 326 g/mol. The standard InChI is InChI=1S/C14H16BrNO3/c1-9-7-11(15)4-3-10(9)8-12(17)16-14(13(18)19)5-2-6-14/h3-4,7H,2,5-6,8H2,1H3,(H,16,17)(H,18,19). The SMILES string of the molecule is Cc1cc(Br)ccc1CC(=O)NC1(C(=O)O)CCC1. The number of carboxylic acids is 1. The third kappa shape index (κ3) is 2.97. The fourth-order valence-electron chi connectivity index (χ4n) is 2.26. The van der Waals surface area contributed by atoms with E-state index in [4.69, 9.17) is 5.11 Å². The summed E-state index contributed by atoms with van der Waals surface area (Å²) >= 11 is 3.37. The zero-order valence-electron chi connectivity index (χ0n) is 10.7. The number of carbonyl (C=O) groups is 2. The van der Waals surface area contributed by atoms with Gasteiger partial charge in [0.05, 0.1) is 6.42 Å². The lowest BCUT2D eigenvalue weighted by Crippen LogP contribution is -2.59. The molecule has 2 N–H and O–H groups in total. The molecule has 1 saturated carbocycles. The maximum atomic E-state index is 12.0. The van der Waals surface area contributed by atoms with Crippen LogP contribution in [0.5, 0.6) is 0 Å². The molecule has 1 aliphatic rings. The number of rotatable bonds is 4. The molecule has 0 saturated heterocycles. The first-order valence-electron chi connectivity index (χ1n) is 6.22. The molecule has 19 heavy (non-hydrogen) atoms. The second kappa shape index (κ2) is 5.33. The lowest BCUT2D eigenvalue weighted by molar-refractivity contribution is -0.151. The van der Waals surface area contributed by atoms with Gasteiger partial charge in [0.25, 0.3) is 0 Å². The maximum absolute atomic E-state index is 12.0. The van der Waals surface area contributed by atoms with E-state index in [2.05, 4.69) is 21.2 Å². The van der Waals surface area contributed by atoms with Crippen LogP contribution in [0.15, 0.2) is 22.7 Å². The van der Waals surface area contributed by atoms with E-state index >= 15 is 0 Å². The van der Waals surface area contributed by atoms with E-state index in [0.29, 0.717) is 12.8 Å². The molecule has 1 amide bonds. The molecule has 0 aromatic heterocycles. The first-order valence-corrected chi connectivity index (χ1v) is 7.02. The van der Waals surface area contributed by atoms with Gasteiger partial charge in [-0.15, -0.1) is 0 Å². The van der Waals surface area contributed by atoms with Crippen LogP contribution >= 0.6 is 15.9 Å². The Morgan fingerprint density at radius 1 is 1.42 bits per heavy atom. The van der Waals surface area contributed by atoms with Gasteiger partial charge in [-0.1, -0.05) is 22.0 Å². The molecule has 5 heteroatoms. The van der Waals surface area contributed by atoms with Crippen molar-refractivity contribution in [3.8, 4) is 0 Å². The molecule has 0 spiro atoms. The molecular formula is C14H16BrNO3. The van der Waals surface area contributed by atoms with Crippen LogP contribution in [0.1, 0.15) is 30.4 Å². The van der Waals surface area contributed by atoms with Gasteiger partial charge in [-0.25, -0.2) is 4.79 Å². The average Bonchev–Trinajstić information content (AvgIpc) is 2.27. The lowest BCUT2D eigenvalue weighted by Gasteiger charge is -2.38. The number of hydrogen-bond acceptors (Lipinski definition) is 2. The monoisotopic (exact) mass is 325 g/mol. The summed E-state index contributed by atoms with van der Waals surface area (Å²) < 4.78 is 0.968. The molecule has 102 valence electrons. The Morgan fingerprint density at radius 3 is 2.58 bits per heavy atom. The van der Waals surface area contributed by atoms with E-state index in [9.17, 15) is 9.59 Å². The number of benzene rings is 1. The Kier molecular flexibility index (Phi) is 3.94. The van der Waals surface area contributed by atoms with Gasteiger partial charge < -0.3 is 10.4 Å². The number of aryl methyl sites for hydroxylation is 1. The molecule has 1 aromatic carbocycles. The number of carboxylic acid groups (broad SMARTS) is 1. The zero-order chi connectivity index (χ0) is 14.0. The number of hydrogen-bond donors (Lipinski definition) is 2. The van der Waals surface area contributed by atoms with Crippen molar-refractivity contribution >= 4 is 27.8 Å². The number of aliphatic carboxylic acids is 1. The van der Waals surface area contributed by atoms with Gasteiger partial charge >= 0.3 is 5.97 Å². The van der Waals surface area contributed by atoms with E-state index in [1.807, 2.05) is 25.1 Å². The molecule has 0 unspecified atom stereocenters. The van der Waals surface area contributed by atoms with E-state index < -0.39 is 11.5 Å². The highest BCUT2D eigenvalue weighted by Crippen LogP contribution is 2.32. The molecule has 0 aliphatic heterocycles. The topological polar surface area (TPSA) is 66.4 Å². The predicted molar refractivity (Wildman–Crippen MR) is 74.9 cm³/mol. The fraction of sp³-hybridized carbons (Fsp3) is 0.429. The molecule has 1 aromatic rings. The summed E-state index contributed by atoms with van der Waals surface area (Å²) in [5.41, 5.74) is 0.906. The summed E-state index contributed by atoms with van der Waals surface area (Å²) in [5, 5.41) is 11.8. The Hall–Kier alpha value is -1.36. The van der Waals surface area contributed by atoms with E-state index in [1.54, 1.807) is 0 Å². The normalized spacial score (nSPS) is 16.5. The minimum absolute atomic E-state index is 0.216. The van der Waals surface area contributed by atoms with E-state index in [0.717, 1.165) is 22.0 Å². The Labute approximate surface area is 120 Å². The zero-order valence-corrected chi connectivity index (χ0v) is 12.3. The molecule has 0 atom stereocenters. The Balaban J connectivity index is 2.03. The minimum Gasteiger partial charge on any atom is -0.480 e. The van der Waals surface area contributed by atoms with Gasteiger partial charge in [0, 0.05) is 4.47 Å². The summed E-state index contributed by atoms with van der Waals surface area (Å²) in [5.74, 6) is -1.16. The molecule has 1 aliphatic carbocycles. The summed E-state index contributed by atoms with van der Waals surface area (Å²) in [6, 6.07) is 5.71. The number of carbonyl (C=O) groups excluding carboxylic acids is 1. The molecule has 2 rings (SSSR count). The highest BCUT2D eigenvalue weighted by Gasteiger charge is 2.45. The van der Waals surface area contributed by atoms with Crippen molar-refractivity contribution in [2.24, 2.45) is 0 Å². The largest absolute Gasteiger partial charge is 0.480 e. The molecule has 0 radical (unpaired) electrons. The van der Waals surface area contributed by atoms with Crippen molar-refractivity contribution in [2.75, 3.05) is 0 Å². The minimum atomic E-state index is -1.03. The highest BCUT2D eigenvalue weighted by molar-refractivity contribution is 9.10. The van der Waals surface area contributed by atoms with Crippen molar-refractivity contribution in [1.29, 1.82) is 0 Å². The van der Waals surface area contributed by atoms with E-state index in [-0.39, 0.29) is 12.3 Å². The summed E-state index contributed by atoms with van der Waals surface area (Å²) in [4.78, 5) is 23.2. The number of nitrogens with one attached hydrogen (secondary N) is 1. The Morgan fingerprint density at radius 2 is 2.11 bits per heavy atom. The van der Waals surface area contributed by atoms with Crippen LogP contribution in [0, 0.1) is 6.92 Å². The quantitative estimate of drug-likeness (QED) is 0.893. The van der Waals surface area contributed by atoms with Crippen LogP contribution in [0.4, 0.5) is 0 Å². The van der Waals surface area contributed by atoms with Gasteiger partial charge in [-0.05, 0) is 49.4 Å². The van der Waals surface area contributed by atoms with Crippen molar-refractivity contribution in [1.82, 2.24) is 5.32 Å². The first kappa shape index (κ1) is 14.1. The van der Waals surface area contributed by atoms with Crippen LogP contribution < -0.4 is 5.32 Å². The summed E-state index contributed by atoms with van der Waals surface area (Å²) in [7, 11) is 0. The van der Waals surface area contributed by atoms with Crippen molar-refractivity contribution in [3.63, 3.8) is 0 Å². The van der Waals surface area contributed by atoms with Gasteiger partial charge in [0.15, 0.2) is 0 Å². The smallest absolute Gasteiger partial charge is 0.329 e. The molecule has 1 fully saturated rings. The van der Waals surface area contributed by atoms with Gasteiger partial charge in [-0.2, -0.15) is 0 Å². The maximum Gasteiger partial charge on any atom is 0.329 e. The summed E-state index contributed by atoms with van der Waals surface area (Å²) in [6.45, 7) is 1.93. The first-order chi connectivity index (χ1) is 8.93. The molecule has 0 bridgehead atoms. The molecular weight excluding hydrogens is 310 g/mol. The van der Waals surface area contributed by atoms with Crippen LogP contribution in [0.3, 0.4) is 0 Å². The molecule has 4 nitrogen and oxygen atoms in total. The molecule has 0 heterocycles. The van der Waals surface area contributed by atoms with Gasteiger partial charge in [-0.3, -0.25) is 4.79 Å². The van der Waals surface area contributed by atoms with Crippen LogP contribution in [-0.4, -0.2) is 22.5 Å². The van der Waals surface area contributed by atoms with Gasteiger partial charge in [0.1, 0.15) is 5.54 Å². The third-order valence-corrected chi connectivity index (χ3v) is 4.14. The van der Waals surface area contributed by atoms with Gasteiger partial charge in [0.2, 0.25) is 5.91 Å². The number of amides is 1. The number of halogens is 1. The predicted octanol–water partition coefficient (Wildman–Crippen LogP) is 2.42. The second-order valence-electron chi connectivity index (χ2n) is 5.04. The van der Waals surface area contributed by atoms with Crippen LogP contribution in [0.25, 0.3) is 0 Å². The Bertz CT molecular complexity index is 523. The lowest BCUT2D eigenvalue weighted by atomic mass is 9.76. The second-order valence-corrected chi connectivity index (χ2v) is 5.95. The summed E-state index contributed by atoms with van der Waals surface area (Å²) in [6.07, 6.45) is 2.11. The van der Waals surface area contributed by atoms with Crippen LogP contribution in [-0.2, 0) is 16.0 Å². The van der Waals surface area contributed by atoms with Crippen LogP contribution in [0.2, 0.25) is 0 Å². The van der Waals surface area contributed by atoms with E-state index in [1.165, 1.54) is 0 Å². The van der Waals surface area contributed by atoms with Crippen molar-refractivity contribution < 1.29 is 14.7 Å². The van der Waals surface area contributed by atoms with Crippen molar-refractivity contribution in [3.05, 3.63) is 33.8 Å². The third-order valence-electron chi connectivity index (χ3n) is 3.65. The fourth-order valence-corrected chi connectivity index (χ4v) is 2.74. The highest BCUT2D eigenvalue weighted by atomic mass is 79.9.